The van der Waals surface area contributed by atoms with E-state index in [9.17, 15) is 4.79 Å². The minimum atomic E-state index is -0.0422. The second kappa shape index (κ2) is 5.95. The Morgan fingerprint density at radius 1 is 1.50 bits per heavy atom. The van der Waals surface area contributed by atoms with Crippen LogP contribution in [0.2, 0.25) is 0 Å². The second-order valence-electron chi connectivity index (χ2n) is 5.66. The highest BCUT2D eigenvalue weighted by Gasteiger charge is 2.28. The molecule has 3 N–H and O–H groups in total. The van der Waals surface area contributed by atoms with Crippen LogP contribution in [-0.4, -0.2) is 36.0 Å². The van der Waals surface area contributed by atoms with E-state index in [-0.39, 0.29) is 10.7 Å². The molecule has 1 amide bonds. The molecule has 0 aliphatic carbocycles. The average Bonchev–Trinajstić information content (AvgIpc) is 2.38. The minimum Gasteiger partial charge on any atom is -0.397 e. The van der Waals surface area contributed by atoms with Gasteiger partial charge in [0.15, 0.2) is 0 Å². The molecule has 110 valence electrons. The van der Waals surface area contributed by atoms with E-state index in [0.29, 0.717) is 12.1 Å². The van der Waals surface area contributed by atoms with Crippen LogP contribution in [0.3, 0.4) is 0 Å². The van der Waals surface area contributed by atoms with Crippen LogP contribution in [0.4, 0.5) is 11.4 Å². The lowest BCUT2D eigenvalue weighted by Gasteiger charge is -2.39. The highest BCUT2D eigenvalue weighted by Crippen LogP contribution is 2.34. The number of nitrogen functional groups attached to an aromatic ring is 1. The van der Waals surface area contributed by atoms with Crippen molar-refractivity contribution < 1.29 is 4.79 Å². The SMILES string of the molecule is CCNC(=O)c1ccc(N)c(N2CCSC(C)(C)C2)c1. The van der Waals surface area contributed by atoms with Crippen molar-refractivity contribution in [3.05, 3.63) is 23.8 Å². The standard InChI is InChI=1S/C15H23N3OS/c1-4-17-14(19)11-5-6-12(16)13(9-11)18-7-8-20-15(2,3)10-18/h5-6,9H,4,7-8,10,16H2,1-3H3,(H,17,19). The molecule has 2 rings (SSSR count). The predicted molar refractivity (Wildman–Crippen MR) is 87.6 cm³/mol. The van der Waals surface area contributed by atoms with Gasteiger partial charge in [-0.15, -0.1) is 0 Å². The number of rotatable bonds is 3. The third kappa shape index (κ3) is 3.39. The van der Waals surface area contributed by atoms with Crippen LogP contribution in [0.5, 0.6) is 0 Å². The van der Waals surface area contributed by atoms with Crippen molar-refractivity contribution in [2.45, 2.75) is 25.5 Å². The molecular weight excluding hydrogens is 270 g/mol. The molecule has 1 aliphatic heterocycles. The van der Waals surface area contributed by atoms with Gasteiger partial charge in [0.1, 0.15) is 0 Å². The van der Waals surface area contributed by atoms with Crippen LogP contribution < -0.4 is 16.0 Å². The fourth-order valence-electron chi connectivity index (χ4n) is 2.44. The number of amides is 1. The molecule has 1 heterocycles. The molecule has 0 saturated carbocycles. The lowest BCUT2D eigenvalue weighted by Crippen LogP contribution is -2.43. The number of nitrogens with one attached hydrogen (secondary N) is 1. The van der Waals surface area contributed by atoms with Crippen molar-refractivity contribution in [2.75, 3.05) is 36.0 Å². The van der Waals surface area contributed by atoms with E-state index in [1.54, 1.807) is 6.07 Å². The summed E-state index contributed by atoms with van der Waals surface area (Å²) < 4.78 is 0.215. The molecule has 1 aromatic rings. The van der Waals surface area contributed by atoms with Gasteiger partial charge in [0.2, 0.25) is 0 Å². The van der Waals surface area contributed by atoms with Gasteiger partial charge in [-0.05, 0) is 39.0 Å². The van der Waals surface area contributed by atoms with E-state index in [1.807, 2.05) is 30.8 Å². The molecule has 0 atom stereocenters. The first kappa shape index (κ1) is 15.0. The number of carbonyl (C=O) groups excluding carboxylic acids is 1. The zero-order valence-electron chi connectivity index (χ0n) is 12.4. The van der Waals surface area contributed by atoms with Crippen molar-refractivity contribution >= 4 is 29.0 Å². The van der Waals surface area contributed by atoms with Crippen molar-refractivity contribution in [1.82, 2.24) is 5.32 Å². The van der Waals surface area contributed by atoms with E-state index in [1.165, 1.54) is 0 Å². The van der Waals surface area contributed by atoms with E-state index in [0.717, 1.165) is 30.2 Å². The number of benzene rings is 1. The van der Waals surface area contributed by atoms with Crippen molar-refractivity contribution in [3.63, 3.8) is 0 Å². The van der Waals surface area contributed by atoms with Crippen LogP contribution in [0.1, 0.15) is 31.1 Å². The van der Waals surface area contributed by atoms with E-state index < -0.39 is 0 Å². The summed E-state index contributed by atoms with van der Waals surface area (Å²) >= 11 is 1.98. The summed E-state index contributed by atoms with van der Waals surface area (Å²) in [5.74, 6) is 1.04. The summed E-state index contributed by atoms with van der Waals surface area (Å²) in [5.41, 5.74) is 8.49. The molecule has 0 radical (unpaired) electrons. The third-order valence-corrected chi connectivity index (χ3v) is 4.69. The van der Waals surface area contributed by atoms with Gasteiger partial charge in [-0.1, -0.05) is 0 Å². The average molecular weight is 293 g/mol. The van der Waals surface area contributed by atoms with E-state index in [2.05, 4.69) is 24.1 Å². The normalized spacial score (nSPS) is 17.9. The van der Waals surface area contributed by atoms with E-state index in [4.69, 9.17) is 5.73 Å². The molecule has 5 heteroatoms. The summed E-state index contributed by atoms with van der Waals surface area (Å²) in [5, 5.41) is 2.83. The fourth-order valence-corrected chi connectivity index (χ4v) is 3.55. The monoisotopic (exact) mass is 293 g/mol. The molecule has 0 aromatic heterocycles. The van der Waals surface area contributed by atoms with Gasteiger partial charge in [-0.3, -0.25) is 4.79 Å². The van der Waals surface area contributed by atoms with Crippen LogP contribution >= 0.6 is 11.8 Å². The summed E-state index contributed by atoms with van der Waals surface area (Å²) in [7, 11) is 0. The first-order chi connectivity index (χ1) is 9.43. The fraction of sp³-hybridized carbons (Fsp3) is 0.533. The highest BCUT2D eigenvalue weighted by atomic mass is 32.2. The van der Waals surface area contributed by atoms with Crippen LogP contribution in [0.15, 0.2) is 18.2 Å². The van der Waals surface area contributed by atoms with Gasteiger partial charge in [-0.25, -0.2) is 0 Å². The number of carbonyl (C=O) groups is 1. The Balaban J connectivity index is 2.26. The number of hydrogen-bond donors (Lipinski definition) is 2. The van der Waals surface area contributed by atoms with Gasteiger partial charge in [-0.2, -0.15) is 11.8 Å². The molecular formula is C15H23N3OS. The number of thioether (sulfide) groups is 1. The number of nitrogens with zero attached hydrogens (tertiary/aromatic N) is 1. The molecule has 20 heavy (non-hydrogen) atoms. The molecule has 1 fully saturated rings. The van der Waals surface area contributed by atoms with Crippen molar-refractivity contribution in [1.29, 1.82) is 0 Å². The van der Waals surface area contributed by atoms with Gasteiger partial charge >= 0.3 is 0 Å². The van der Waals surface area contributed by atoms with Crippen LogP contribution in [-0.2, 0) is 0 Å². The summed E-state index contributed by atoms with van der Waals surface area (Å²) in [6.07, 6.45) is 0. The maximum absolute atomic E-state index is 11.9. The number of hydrogen-bond acceptors (Lipinski definition) is 4. The molecule has 1 saturated heterocycles. The van der Waals surface area contributed by atoms with Gasteiger partial charge in [0.25, 0.3) is 5.91 Å². The lowest BCUT2D eigenvalue weighted by atomic mass is 10.1. The molecule has 1 aromatic carbocycles. The Kier molecular flexibility index (Phi) is 4.48. The predicted octanol–water partition coefficient (Wildman–Crippen LogP) is 2.35. The molecule has 1 aliphatic rings. The first-order valence-electron chi connectivity index (χ1n) is 6.99. The molecule has 4 nitrogen and oxygen atoms in total. The van der Waals surface area contributed by atoms with Gasteiger partial charge in [0, 0.05) is 35.7 Å². The van der Waals surface area contributed by atoms with Crippen molar-refractivity contribution in [2.24, 2.45) is 0 Å². The van der Waals surface area contributed by atoms with Gasteiger partial charge < -0.3 is 16.0 Å². The lowest BCUT2D eigenvalue weighted by molar-refractivity contribution is 0.0956. The van der Waals surface area contributed by atoms with Gasteiger partial charge in [0.05, 0.1) is 11.4 Å². The largest absolute Gasteiger partial charge is 0.397 e. The van der Waals surface area contributed by atoms with Crippen LogP contribution in [0.25, 0.3) is 0 Å². The molecule has 0 unspecified atom stereocenters. The Morgan fingerprint density at radius 2 is 2.25 bits per heavy atom. The van der Waals surface area contributed by atoms with Crippen molar-refractivity contribution in [3.8, 4) is 0 Å². The zero-order valence-corrected chi connectivity index (χ0v) is 13.2. The smallest absolute Gasteiger partial charge is 0.251 e. The topological polar surface area (TPSA) is 58.4 Å². The Morgan fingerprint density at radius 3 is 2.90 bits per heavy atom. The molecule has 0 bridgehead atoms. The third-order valence-electron chi connectivity index (χ3n) is 3.40. The molecule has 0 spiro atoms. The first-order valence-corrected chi connectivity index (χ1v) is 7.98. The Labute approximate surface area is 125 Å². The van der Waals surface area contributed by atoms with E-state index >= 15 is 0 Å². The maximum Gasteiger partial charge on any atom is 0.251 e. The second-order valence-corrected chi connectivity index (χ2v) is 7.46. The quantitative estimate of drug-likeness (QED) is 0.840. The summed E-state index contributed by atoms with van der Waals surface area (Å²) in [6, 6.07) is 5.52. The zero-order chi connectivity index (χ0) is 14.8. The summed E-state index contributed by atoms with van der Waals surface area (Å²) in [4.78, 5) is 14.2. The number of nitrogens with two attached hydrogens (primary N) is 1. The number of anilines is 2. The maximum atomic E-state index is 11.9. The van der Waals surface area contributed by atoms with Crippen LogP contribution in [0, 0.1) is 0 Å². The highest BCUT2D eigenvalue weighted by molar-refractivity contribution is 8.00. The minimum absolute atomic E-state index is 0.0422. The Bertz CT molecular complexity index is 502. The summed E-state index contributed by atoms with van der Waals surface area (Å²) in [6.45, 7) is 8.95. The Hall–Kier alpha value is -1.36.